The highest BCUT2D eigenvalue weighted by Crippen LogP contribution is 2.33. The molecule has 0 unspecified atom stereocenters. The molecule has 0 atom stereocenters. The van der Waals surface area contributed by atoms with Gasteiger partial charge in [0.25, 0.3) is 5.91 Å². The lowest BCUT2D eigenvalue weighted by Gasteiger charge is -2.20. The Balaban J connectivity index is 1.74. The Morgan fingerprint density at radius 3 is 2.57 bits per heavy atom. The predicted molar refractivity (Wildman–Crippen MR) is 128 cm³/mol. The van der Waals surface area contributed by atoms with Gasteiger partial charge < -0.3 is 4.57 Å². The van der Waals surface area contributed by atoms with Gasteiger partial charge in [-0.05, 0) is 67.3 Å². The number of rotatable bonds is 3. The van der Waals surface area contributed by atoms with Crippen molar-refractivity contribution in [3.05, 3.63) is 56.8 Å². The van der Waals surface area contributed by atoms with Crippen LogP contribution in [0.25, 0.3) is 11.8 Å². The van der Waals surface area contributed by atoms with E-state index in [-0.39, 0.29) is 11.4 Å². The number of nitrogens with one attached hydrogen (secondary N) is 1. The Morgan fingerprint density at radius 2 is 1.90 bits per heavy atom. The van der Waals surface area contributed by atoms with E-state index >= 15 is 0 Å². The SMILES string of the molecule is CCSC1=NN2C(=N)/C(=C/c3cc(C)n(-c4cc(Cl)cc(Cl)c4)c3C)C(=O)N=C2S1. The molecule has 4 rings (SSSR count). The van der Waals surface area contributed by atoms with E-state index in [4.69, 9.17) is 28.6 Å². The molecular formula is C20H17Cl2N5OS2. The monoisotopic (exact) mass is 477 g/mol. The van der Waals surface area contributed by atoms with Gasteiger partial charge in [0.15, 0.2) is 10.2 Å². The molecule has 0 aliphatic carbocycles. The minimum atomic E-state index is -0.438. The van der Waals surface area contributed by atoms with E-state index in [1.807, 2.05) is 43.5 Å². The molecule has 0 fully saturated rings. The molecular weight excluding hydrogens is 461 g/mol. The van der Waals surface area contributed by atoms with Crippen LogP contribution in [0.1, 0.15) is 23.9 Å². The average molecular weight is 478 g/mol. The largest absolute Gasteiger partial charge is 0.318 e. The van der Waals surface area contributed by atoms with Gasteiger partial charge in [0, 0.05) is 27.1 Å². The second-order valence-corrected chi connectivity index (χ2v) is 9.95. The smallest absolute Gasteiger partial charge is 0.283 e. The van der Waals surface area contributed by atoms with Crippen molar-refractivity contribution in [2.45, 2.75) is 20.8 Å². The summed E-state index contributed by atoms with van der Waals surface area (Å²) in [6, 6.07) is 7.30. The molecule has 0 radical (unpaired) electrons. The summed E-state index contributed by atoms with van der Waals surface area (Å²) in [5.74, 6) is 0.447. The summed E-state index contributed by atoms with van der Waals surface area (Å²) in [4.78, 5) is 16.8. The standard InChI is InChI=1S/C20H17Cl2N5OS2/c1-4-29-20-25-27-17(23)16(18(28)24-19(27)30-20)6-12-5-10(2)26(11(12)3)15-8-13(21)7-14(22)9-15/h5-9,23H,4H2,1-3H3/b16-6-,23-17?. The highest BCUT2D eigenvalue weighted by atomic mass is 35.5. The van der Waals surface area contributed by atoms with Crippen LogP contribution in [0.2, 0.25) is 10.0 Å². The van der Waals surface area contributed by atoms with E-state index in [0.717, 1.165) is 32.8 Å². The fourth-order valence-electron chi connectivity index (χ4n) is 3.31. The maximum Gasteiger partial charge on any atom is 0.283 e. The third-order valence-electron chi connectivity index (χ3n) is 4.58. The minimum absolute atomic E-state index is 0.0276. The highest BCUT2D eigenvalue weighted by Gasteiger charge is 2.35. The van der Waals surface area contributed by atoms with Crippen molar-refractivity contribution in [1.29, 1.82) is 5.41 Å². The number of aryl methyl sites for hydroxylation is 1. The molecule has 1 aromatic heterocycles. The molecule has 3 heterocycles. The molecule has 10 heteroatoms. The average Bonchev–Trinajstić information content (AvgIpc) is 3.18. The van der Waals surface area contributed by atoms with Crippen LogP contribution < -0.4 is 0 Å². The lowest BCUT2D eigenvalue weighted by molar-refractivity contribution is -0.114. The number of thioether (sulfide) groups is 2. The van der Waals surface area contributed by atoms with Gasteiger partial charge in [0.2, 0.25) is 5.17 Å². The summed E-state index contributed by atoms with van der Waals surface area (Å²) in [5, 5.41) is 15.9. The molecule has 6 nitrogen and oxygen atoms in total. The topological polar surface area (TPSA) is 73.8 Å². The maximum absolute atomic E-state index is 12.6. The number of aromatic nitrogens is 1. The Morgan fingerprint density at radius 1 is 1.20 bits per heavy atom. The zero-order chi connectivity index (χ0) is 21.6. The summed E-state index contributed by atoms with van der Waals surface area (Å²) >= 11 is 15.2. The van der Waals surface area contributed by atoms with Crippen LogP contribution in [0.3, 0.4) is 0 Å². The van der Waals surface area contributed by atoms with Crippen LogP contribution in [0.5, 0.6) is 0 Å². The number of aliphatic imine (C=N–C) groups is 1. The zero-order valence-corrected chi connectivity index (χ0v) is 19.5. The maximum atomic E-state index is 12.6. The fourth-order valence-corrected chi connectivity index (χ4v) is 5.65. The number of hydrogen-bond donors (Lipinski definition) is 1. The molecule has 2 aliphatic heterocycles. The Kier molecular flexibility index (Phi) is 5.85. The number of benzene rings is 1. The Hall–Kier alpha value is -2.00. The second kappa shape index (κ2) is 8.26. The third-order valence-corrected chi connectivity index (χ3v) is 6.94. The van der Waals surface area contributed by atoms with E-state index < -0.39 is 5.91 Å². The number of hydrogen-bond acceptors (Lipinski definition) is 5. The number of halogens is 2. The summed E-state index contributed by atoms with van der Waals surface area (Å²) in [6.45, 7) is 5.93. The molecule has 0 saturated heterocycles. The van der Waals surface area contributed by atoms with Crippen LogP contribution >= 0.6 is 46.7 Å². The van der Waals surface area contributed by atoms with Crippen LogP contribution in [0.4, 0.5) is 0 Å². The van der Waals surface area contributed by atoms with E-state index in [0.29, 0.717) is 15.2 Å². The van der Waals surface area contributed by atoms with Crippen LogP contribution in [-0.4, -0.2) is 36.6 Å². The van der Waals surface area contributed by atoms with Gasteiger partial charge in [-0.3, -0.25) is 10.2 Å². The first kappa shape index (κ1) is 21.2. The number of nitrogens with zero attached hydrogens (tertiary/aromatic N) is 4. The Labute approximate surface area is 192 Å². The van der Waals surface area contributed by atoms with Crippen molar-refractivity contribution in [2.75, 3.05) is 5.75 Å². The number of amides is 1. The number of carbonyl (C=O) groups is 1. The van der Waals surface area contributed by atoms with Crippen LogP contribution in [0, 0.1) is 19.3 Å². The molecule has 1 N–H and O–H groups in total. The van der Waals surface area contributed by atoms with E-state index in [1.165, 1.54) is 16.8 Å². The van der Waals surface area contributed by atoms with Crippen molar-refractivity contribution in [3.63, 3.8) is 0 Å². The summed E-state index contributed by atoms with van der Waals surface area (Å²) in [7, 11) is 0. The van der Waals surface area contributed by atoms with Crippen molar-refractivity contribution in [3.8, 4) is 5.69 Å². The van der Waals surface area contributed by atoms with Crippen molar-refractivity contribution in [2.24, 2.45) is 10.1 Å². The third kappa shape index (κ3) is 3.85. The predicted octanol–water partition coefficient (Wildman–Crippen LogP) is 5.73. The quantitative estimate of drug-likeness (QED) is 0.572. The van der Waals surface area contributed by atoms with Gasteiger partial charge in [-0.2, -0.15) is 10.0 Å². The fraction of sp³-hybridized carbons (Fsp3) is 0.200. The van der Waals surface area contributed by atoms with Gasteiger partial charge in [0.1, 0.15) is 0 Å². The second-order valence-electron chi connectivity index (χ2n) is 6.61. The first-order chi connectivity index (χ1) is 14.3. The van der Waals surface area contributed by atoms with Gasteiger partial charge in [-0.15, -0.1) is 5.10 Å². The number of fused-ring (bicyclic) bond motifs is 1. The minimum Gasteiger partial charge on any atom is -0.318 e. The molecule has 0 bridgehead atoms. The molecule has 1 aromatic carbocycles. The van der Waals surface area contributed by atoms with E-state index in [9.17, 15) is 4.79 Å². The molecule has 0 saturated carbocycles. The first-order valence-corrected chi connectivity index (χ1v) is 11.6. The van der Waals surface area contributed by atoms with Crippen molar-refractivity contribution in [1.82, 2.24) is 9.58 Å². The summed E-state index contributed by atoms with van der Waals surface area (Å²) in [5.41, 5.74) is 3.70. The zero-order valence-electron chi connectivity index (χ0n) is 16.4. The number of carbonyl (C=O) groups excluding carboxylic acids is 1. The van der Waals surface area contributed by atoms with Gasteiger partial charge in [-0.25, -0.2) is 0 Å². The highest BCUT2D eigenvalue weighted by molar-refractivity contribution is 8.45. The normalized spacial score (nSPS) is 17.5. The number of amidine groups is 2. The van der Waals surface area contributed by atoms with Crippen LogP contribution in [-0.2, 0) is 4.79 Å². The first-order valence-electron chi connectivity index (χ1n) is 9.07. The molecule has 30 heavy (non-hydrogen) atoms. The van der Waals surface area contributed by atoms with Gasteiger partial charge in [-0.1, -0.05) is 41.9 Å². The lowest BCUT2D eigenvalue weighted by Crippen LogP contribution is -2.35. The molecule has 0 spiro atoms. The molecule has 2 aliphatic rings. The van der Waals surface area contributed by atoms with Gasteiger partial charge in [0.05, 0.1) is 5.57 Å². The Bertz CT molecular complexity index is 1160. The van der Waals surface area contributed by atoms with E-state index in [2.05, 4.69) is 10.1 Å². The summed E-state index contributed by atoms with van der Waals surface area (Å²) < 4.78 is 2.79. The van der Waals surface area contributed by atoms with Crippen molar-refractivity contribution >= 4 is 74.1 Å². The lowest BCUT2D eigenvalue weighted by atomic mass is 10.1. The van der Waals surface area contributed by atoms with E-state index in [1.54, 1.807) is 23.9 Å². The van der Waals surface area contributed by atoms with Crippen molar-refractivity contribution < 1.29 is 4.79 Å². The molecule has 2 aromatic rings. The molecule has 1 amide bonds. The molecule has 154 valence electrons. The van der Waals surface area contributed by atoms with Crippen LogP contribution in [0.15, 0.2) is 39.9 Å². The summed E-state index contributed by atoms with van der Waals surface area (Å²) in [6.07, 6.45) is 1.70. The number of hydrazone groups is 1. The van der Waals surface area contributed by atoms with Gasteiger partial charge >= 0.3 is 0 Å².